The van der Waals surface area contributed by atoms with Gasteiger partial charge in [0.1, 0.15) is 5.75 Å². The highest BCUT2D eigenvalue weighted by atomic mass is 32.1. The number of ether oxygens (including phenoxy) is 1. The molecule has 0 radical (unpaired) electrons. The number of aryl methyl sites for hydroxylation is 2. The molecule has 1 heterocycles. The molecular weight excluding hydrogens is 258 g/mol. The Balaban J connectivity index is 1.98. The minimum Gasteiger partial charge on any atom is -0.497 e. The topological polar surface area (TPSA) is 47.0 Å². The smallest absolute Gasteiger partial charge is 0.118 e. The van der Waals surface area contributed by atoms with Gasteiger partial charge in [0.15, 0.2) is 0 Å². The van der Waals surface area contributed by atoms with Crippen LogP contribution in [0.2, 0.25) is 0 Å². The number of nitrogens with one attached hydrogen (secondary N) is 1. The highest BCUT2D eigenvalue weighted by molar-refractivity contribution is 7.05. The van der Waals surface area contributed by atoms with Crippen LogP contribution in [0.1, 0.15) is 28.6 Å². The quantitative estimate of drug-likeness (QED) is 0.882. The monoisotopic (exact) mass is 277 g/mol. The van der Waals surface area contributed by atoms with Crippen LogP contribution < -0.4 is 10.1 Å². The number of methoxy groups -OCH3 is 1. The highest BCUT2D eigenvalue weighted by Gasteiger charge is 2.15. The van der Waals surface area contributed by atoms with Gasteiger partial charge in [-0.25, -0.2) is 0 Å². The van der Waals surface area contributed by atoms with Crippen LogP contribution in [0.25, 0.3) is 0 Å². The first kappa shape index (κ1) is 14.0. The normalized spacial score (nSPS) is 12.4. The average molecular weight is 277 g/mol. The maximum Gasteiger partial charge on any atom is 0.118 e. The lowest BCUT2D eigenvalue weighted by Gasteiger charge is -2.14. The zero-order chi connectivity index (χ0) is 13.7. The lowest BCUT2D eigenvalue weighted by Crippen LogP contribution is -2.16. The Kier molecular flexibility index (Phi) is 4.87. The van der Waals surface area contributed by atoms with E-state index in [-0.39, 0.29) is 0 Å². The first-order chi connectivity index (χ1) is 9.24. The zero-order valence-electron chi connectivity index (χ0n) is 11.5. The van der Waals surface area contributed by atoms with Crippen molar-refractivity contribution in [3.63, 3.8) is 0 Å². The summed E-state index contributed by atoms with van der Waals surface area (Å²) in [6.45, 7) is 2.01. The van der Waals surface area contributed by atoms with E-state index in [4.69, 9.17) is 4.74 Å². The van der Waals surface area contributed by atoms with Gasteiger partial charge in [0.2, 0.25) is 0 Å². The fourth-order valence-corrected chi connectivity index (χ4v) is 2.85. The summed E-state index contributed by atoms with van der Waals surface area (Å²) in [5.41, 5.74) is 2.34. The van der Waals surface area contributed by atoms with Gasteiger partial charge in [0, 0.05) is 6.04 Å². The van der Waals surface area contributed by atoms with E-state index < -0.39 is 0 Å². The van der Waals surface area contributed by atoms with Gasteiger partial charge in [0.05, 0.1) is 17.7 Å². The van der Waals surface area contributed by atoms with Crippen LogP contribution in [-0.2, 0) is 6.42 Å². The SMILES string of the molecule is CNC(CCc1ccc(OC)cc1)c1snnc1C. The van der Waals surface area contributed by atoms with E-state index in [9.17, 15) is 0 Å². The Hall–Kier alpha value is -1.46. The van der Waals surface area contributed by atoms with Gasteiger partial charge in [0.25, 0.3) is 0 Å². The largest absolute Gasteiger partial charge is 0.497 e. The Labute approximate surface area is 118 Å². The second-order valence-corrected chi connectivity index (χ2v) is 5.24. The number of rotatable bonds is 6. The molecule has 0 aliphatic rings. The summed E-state index contributed by atoms with van der Waals surface area (Å²) in [6, 6.07) is 8.56. The molecule has 5 heteroatoms. The molecule has 2 aromatic rings. The maximum atomic E-state index is 5.16. The van der Waals surface area contributed by atoms with Gasteiger partial charge in [-0.05, 0) is 56.0 Å². The first-order valence-electron chi connectivity index (χ1n) is 6.33. The fraction of sp³-hybridized carbons (Fsp3) is 0.429. The predicted molar refractivity (Wildman–Crippen MR) is 77.8 cm³/mol. The molecule has 1 unspecified atom stereocenters. The van der Waals surface area contributed by atoms with Crippen LogP contribution in [0, 0.1) is 6.92 Å². The van der Waals surface area contributed by atoms with E-state index in [0.29, 0.717) is 6.04 Å². The van der Waals surface area contributed by atoms with Crippen molar-refractivity contribution in [2.24, 2.45) is 0 Å². The first-order valence-corrected chi connectivity index (χ1v) is 7.11. The summed E-state index contributed by atoms with van der Waals surface area (Å²) in [5, 5.41) is 7.42. The van der Waals surface area contributed by atoms with Gasteiger partial charge in [-0.2, -0.15) is 0 Å². The molecule has 19 heavy (non-hydrogen) atoms. The van der Waals surface area contributed by atoms with Crippen molar-refractivity contribution in [3.8, 4) is 5.75 Å². The third kappa shape index (κ3) is 3.52. The number of benzene rings is 1. The molecule has 0 saturated heterocycles. The molecule has 1 aromatic heterocycles. The van der Waals surface area contributed by atoms with Gasteiger partial charge >= 0.3 is 0 Å². The number of hydrogen-bond acceptors (Lipinski definition) is 5. The highest BCUT2D eigenvalue weighted by Crippen LogP contribution is 2.24. The third-order valence-electron chi connectivity index (χ3n) is 3.23. The number of aromatic nitrogens is 2. The van der Waals surface area contributed by atoms with Crippen LogP contribution >= 0.6 is 11.5 Å². The van der Waals surface area contributed by atoms with E-state index in [2.05, 4.69) is 27.0 Å². The third-order valence-corrected chi connectivity index (χ3v) is 4.17. The van der Waals surface area contributed by atoms with Crippen molar-refractivity contribution in [2.75, 3.05) is 14.2 Å². The maximum absolute atomic E-state index is 5.16. The molecule has 0 amide bonds. The molecule has 0 bridgehead atoms. The standard InChI is InChI=1S/C14H19N3OS/c1-10-14(19-17-16-10)13(15-2)9-6-11-4-7-12(18-3)8-5-11/h4-5,7-8,13,15H,6,9H2,1-3H3. The Morgan fingerprint density at radius 1 is 1.32 bits per heavy atom. The number of hydrogen-bond donors (Lipinski definition) is 1. The summed E-state index contributed by atoms with van der Waals surface area (Å²) in [5.74, 6) is 0.899. The predicted octanol–water partition coefficient (Wildman–Crippen LogP) is 2.75. The van der Waals surface area contributed by atoms with Crippen molar-refractivity contribution in [3.05, 3.63) is 40.4 Å². The molecule has 0 fully saturated rings. The molecule has 2 rings (SSSR count). The van der Waals surface area contributed by atoms with Gasteiger partial charge in [-0.1, -0.05) is 16.6 Å². The van der Waals surface area contributed by atoms with E-state index >= 15 is 0 Å². The molecular formula is C14H19N3OS. The van der Waals surface area contributed by atoms with E-state index in [1.807, 2.05) is 26.1 Å². The van der Waals surface area contributed by atoms with Gasteiger partial charge in [-0.15, -0.1) is 5.10 Å². The molecule has 1 atom stereocenters. The number of nitrogens with zero attached hydrogens (tertiary/aromatic N) is 2. The average Bonchev–Trinajstić information content (AvgIpc) is 2.87. The summed E-state index contributed by atoms with van der Waals surface area (Å²) in [4.78, 5) is 1.23. The van der Waals surface area contributed by atoms with Crippen LogP contribution in [0.15, 0.2) is 24.3 Å². The second kappa shape index (κ2) is 6.63. The minimum absolute atomic E-state index is 0.321. The molecule has 0 saturated carbocycles. The summed E-state index contributed by atoms with van der Waals surface area (Å²) in [7, 11) is 3.67. The molecule has 0 spiro atoms. The van der Waals surface area contributed by atoms with E-state index in [1.54, 1.807) is 7.11 Å². The van der Waals surface area contributed by atoms with E-state index in [0.717, 1.165) is 24.3 Å². The van der Waals surface area contributed by atoms with Crippen LogP contribution in [0.5, 0.6) is 5.75 Å². The van der Waals surface area contributed by atoms with Crippen LogP contribution in [-0.4, -0.2) is 23.7 Å². The van der Waals surface area contributed by atoms with Gasteiger partial charge < -0.3 is 10.1 Å². The molecule has 102 valence electrons. The van der Waals surface area contributed by atoms with Crippen molar-refractivity contribution in [2.45, 2.75) is 25.8 Å². The molecule has 0 aliphatic heterocycles. The zero-order valence-corrected chi connectivity index (χ0v) is 12.3. The summed E-state index contributed by atoms with van der Waals surface area (Å²) in [6.07, 6.45) is 2.06. The second-order valence-electron chi connectivity index (χ2n) is 4.45. The van der Waals surface area contributed by atoms with Crippen molar-refractivity contribution in [1.82, 2.24) is 14.9 Å². The Morgan fingerprint density at radius 3 is 2.58 bits per heavy atom. The Morgan fingerprint density at radius 2 is 2.05 bits per heavy atom. The van der Waals surface area contributed by atoms with Crippen LogP contribution in [0.4, 0.5) is 0 Å². The molecule has 1 aromatic carbocycles. The Bertz CT molecular complexity index is 510. The fourth-order valence-electron chi connectivity index (χ4n) is 2.07. The van der Waals surface area contributed by atoms with Crippen molar-refractivity contribution >= 4 is 11.5 Å². The molecule has 1 N–H and O–H groups in total. The van der Waals surface area contributed by atoms with Crippen LogP contribution in [0.3, 0.4) is 0 Å². The lowest BCUT2D eigenvalue weighted by molar-refractivity contribution is 0.414. The molecule has 4 nitrogen and oxygen atoms in total. The molecule has 0 aliphatic carbocycles. The minimum atomic E-state index is 0.321. The van der Waals surface area contributed by atoms with Crippen molar-refractivity contribution in [1.29, 1.82) is 0 Å². The summed E-state index contributed by atoms with van der Waals surface area (Å²) < 4.78 is 9.17. The lowest BCUT2D eigenvalue weighted by atomic mass is 10.0. The van der Waals surface area contributed by atoms with E-state index in [1.165, 1.54) is 22.0 Å². The summed E-state index contributed by atoms with van der Waals surface area (Å²) >= 11 is 1.48. The van der Waals surface area contributed by atoms with Gasteiger partial charge in [-0.3, -0.25) is 0 Å². The van der Waals surface area contributed by atoms with Crippen molar-refractivity contribution < 1.29 is 4.74 Å².